The van der Waals surface area contributed by atoms with E-state index in [0.29, 0.717) is 28.3 Å². The molecular formula is C18H18N2O4. The van der Waals surface area contributed by atoms with Crippen molar-refractivity contribution in [3.05, 3.63) is 47.5 Å². The van der Waals surface area contributed by atoms with Gasteiger partial charge in [-0.1, -0.05) is 6.07 Å². The molecule has 24 heavy (non-hydrogen) atoms. The third kappa shape index (κ3) is 3.03. The second kappa shape index (κ2) is 6.23. The number of rotatable bonds is 4. The van der Waals surface area contributed by atoms with E-state index >= 15 is 0 Å². The van der Waals surface area contributed by atoms with Gasteiger partial charge in [0.05, 0.1) is 5.69 Å². The Balaban J connectivity index is 1.92. The van der Waals surface area contributed by atoms with Crippen molar-refractivity contribution in [1.82, 2.24) is 0 Å². The zero-order valence-corrected chi connectivity index (χ0v) is 13.8. The van der Waals surface area contributed by atoms with Crippen LogP contribution in [0, 0.1) is 0 Å². The van der Waals surface area contributed by atoms with Gasteiger partial charge >= 0.3 is 0 Å². The van der Waals surface area contributed by atoms with Gasteiger partial charge in [-0.05, 0) is 31.2 Å². The smallest absolute Gasteiger partial charge is 0.255 e. The summed E-state index contributed by atoms with van der Waals surface area (Å²) in [5.41, 5.74) is 2.22. The van der Waals surface area contributed by atoms with Gasteiger partial charge in [0.15, 0.2) is 17.3 Å². The van der Waals surface area contributed by atoms with Crippen molar-refractivity contribution in [2.45, 2.75) is 6.92 Å². The lowest BCUT2D eigenvalue weighted by molar-refractivity contribution is 0.101. The highest BCUT2D eigenvalue weighted by Gasteiger charge is 2.20. The van der Waals surface area contributed by atoms with Gasteiger partial charge in [-0.15, -0.1) is 0 Å². The maximum atomic E-state index is 12.6. The number of carbonyl (C=O) groups excluding carboxylic acids is 2. The maximum Gasteiger partial charge on any atom is 0.255 e. The molecule has 0 atom stereocenters. The van der Waals surface area contributed by atoms with Gasteiger partial charge < -0.3 is 19.7 Å². The van der Waals surface area contributed by atoms with Gasteiger partial charge in [-0.25, -0.2) is 0 Å². The molecule has 0 saturated heterocycles. The fourth-order valence-electron chi connectivity index (χ4n) is 2.46. The second-order valence-electron chi connectivity index (χ2n) is 5.71. The summed E-state index contributed by atoms with van der Waals surface area (Å²) in [6.45, 7) is 1.55. The number of hydrogen-bond acceptors (Lipinski definition) is 5. The minimum atomic E-state index is -0.292. The Kier molecular flexibility index (Phi) is 4.12. The Bertz CT molecular complexity index is 815. The second-order valence-corrected chi connectivity index (χ2v) is 5.71. The average Bonchev–Trinajstić information content (AvgIpc) is 3.01. The molecule has 0 radical (unpaired) electrons. The summed E-state index contributed by atoms with van der Waals surface area (Å²) < 4.78 is 10.6. The Morgan fingerprint density at radius 3 is 2.46 bits per heavy atom. The lowest BCUT2D eigenvalue weighted by atomic mass is 10.1. The van der Waals surface area contributed by atoms with Crippen LogP contribution in [0.15, 0.2) is 36.4 Å². The third-order valence-corrected chi connectivity index (χ3v) is 3.76. The van der Waals surface area contributed by atoms with Crippen molar-refractivity contribution < 1.29 is 19.1 Å². The van der Waals surface area contributed by atoms with Crippen LogP contribution in [-0.2, 0) is 0 Å². The van der Waals surface area contributed by atoms with E-state index in [1.165, 1.54) is 6.92 Å². The van der Waals surface area contributed by atoms with Crippen molar-refractivity contribution in [1.29, 1.82) is 0 Å². The number of carbonyl (C=O) groups is 2. The quantitative estimate of drug-likeness (QED) is 0.875. The summed E-state index contributed by atoms with van der Waals surface area (Å²) in [7, 11) is 3.81. The summed E-state index contributed by atoms with van der Waals surface area (Å²) in [6, 6.07) is 10.5. The van der Waals surface area contributed by atoms with Crippen LogP contribution in [0.4, 0.5) is 11.4 Å². The number of fused-ring (bicyclic) bond motifs is 1. The number of nitrogens with one attached hydrogen (secondary N) is 1. The summed E-state index contributed by atoms with van der Waals surface area (Å²) >= 11 is 0. The molecule has 6 heteroatoms. The Labute approximate surface area is 140 Å². The van der Waals surface area contributed by atoms with Crippen LogP contribution in [-0.4, -0.2) is 32.6 Å². The molecule has 124 valence electrons. The molecule has 1 amide bonds. The van der Waals surface area contributed by atoms with E-state index in [4.69, 9.17) is 9.47 Å². The highest BCUT2D eigenvalue weighted by molar-refractivity contribution is 6.09. The molecule has 2 aromatic rings. The fourth-order valence-corrected chi connectivity index (χ4v) is 2.46. The Hall–Kier alpha value is -3.02. The average molecular weight is 326 g/mol. The molecule has 0 saturated carbocycles. The lowest BCUT2D eigenvalue weighted by Crippen LogP contribution is -2.15. The number of amides is 1. The van der Waals surface area contributed by atoms with Crippen LogP contribution in [0.2, 0.25) is 0 Å². The number of ether oxygens (including phenoxy) is 2. The Morgan fingerprint density at radius 1 is 1.08 bits per heavy atom. The van der Waals surface area contributed by atoms with Gasteiger partial charge in [0.2, 0.25) is 6.79 Å². The molecule has 0 aliphatic carbocycles. The van der Waals surface area contributed by atoms with Crippen molar-refractivity contribution in [2.24, 2.45) is 0 Å². The normalized spacial score (nSPS) is 12.0. The van der Waals surface area contributed by atoms with Crippen molar-refractivity contribution in [2.75, 3.05) is 31.1 Å². The highest BCUT2D eigenvalue weighted by atomic mass is 16.7. The molecule has 1 aliphatic rings. The number of benzene rings is 2. The molecule has 0 aromatic heterocycles. The van der Waals surface area contributed by atoms with Crippen molar-refractivity contribution >= 4 is 23.1 Å². The largest absolute Gasteiger partial charge is 0.454 e. The van der Waals surface area contributed by atoms with Crippen LogP contribution in [0.3, 0.4) is 0 Å². The van der Waals surface area contributed by atoms with Crippen LogP contribution >= 0.6 is 0 Å². The molecule has 2 aromatic carbocycles. The molecule has 1 aliphatic heterocycles. The van der Waals surface area contributed by atoms with Gasteiger partial charge in [0, 0.05) is 37.0 Å². The SMILES string of the molecule is CC(=O)c1cc2c(cc1NC(=O)c1cccc(N(C)C)c1)OCO2. The number of ketones is 1. The van der Waals surface area contributed by atoms with E-state index in [1.54, 1.807) is 24.3 Å². The monoisotopic (exact) mass is 326 g/mol. The predicted molar refractivity (Wildman–Crippen MR) is 91.3 cm³/mol. The van der Waals surface area contributed by atoms with E-state index in [2.05, 4.69) is 5.32 Å². The summed E-state index contributed by atoms with van der Waals surface area (Å²) in [5, 5.41) is 2.79. The minimum Gasteiger partial charge on any atom is -0.454 e. The van der Waals surface area contributed by atoms with Crippen LogP contribution in [0.25, 0.3) is 0 Å². The third-order valence-electron chi connectivity index (χ3n) is 3.76. The molecule has 1 heterocycles. The zero-order chi connectivity index (χ0) is 17.3. The van der Waals surface area contributed by atoms with Crippen LogP contribution in [0.1, 0.15) is 27.6 Å². The number of hydrogen-bond donors (Lipinski definition) is 1. The standard InChI is InChI=1S/C18H18N2O4/c1-11(21)14-8-16-17(24-10-23-16)9-15(14)19-18(22)12-5-4-6-13(7-12)20(2)3/h4-9H,10H2,1-3H3,(H,19,22). The molecule has 0 fully saturated rings. The first-order valence-electron chi connectivity index (χ1n) is 7.49. The molecule has 0 bridgehead atoms. The predicted octanol–water partition coefficient (Wildman–Crippen LogP) is 2.94. The summed E-state index contributed by atoms with van der Waals surface area (Å²) in [6.07, 6.45) is 0. The van der Waals surface area contributed by atoms with E-state index in [1.807, 2.05) is 31.1 Å². The van der Waals surface area contributed by atoms with Gasteiger partial charge in [0.1, 0.15) is 0 Å². The first kappa shape index (κ1) is 15.9. The highest BCUT2D eigenvalue weighted by Crippen LogP contribution is 2.37. The maximum absolute atomic E-state index is 12.6. The minimum absolute atomic E-state index is 0.106. The molecule has 3 rings (SSSR count). The van der Waals surface area contributed by atoms with Crippen molar-refractivity contribution in [3.8, 4) is 11.5 Å². The molecule has 0 spiro atoms. The number of Topliss-reactive ketones (excluding diaryl/α,β-unsaturated/α-hetero) is 1. The summed E-state index contributed by atoms with van der Waals surface area (Å²) in [4.78, 5) is 26.3. The topological polar surface area (TPSA) is 67.9 Å². The summed E-state index contributed by atoms with van der Waals surface area (Å²) in [5.74, 6) is 0.566. The molecule has 0 unspecified atom stereocenters. The molecule has 6 nitrogen and oxygen atoms in total. The number of anilines is 2. The van der Waals surface area contributed by atoms with Crippen molar-refractivity contribution in [3.63, 3.8) is 0 Å². The zero-order valence-electron chi connectivity index (χ0n) is 13.8. The molecule has 1 N–H and O–H groups in total. The first-order chi connectivity index (χ1) is 11.5. The van der Waals surface area contributed by atoms with E-state index in [0.717, 1.165) is 5.69 Å². The first-order valence-corrected chi connectivity index (χ1v) is 7.49. The van der Waals surface area contributed by atoms with E-state index in [-0.39, 0.29) is 18.5 Å². The Morgan fingerprint density at radius 2 is 1.79 bits per heavy atom. The van der Waals surface area contributed by atoms with Crippen LogP contribution in [0.5, 0.6) is 11.5 Å². The number of nitrogens with zero attached hydrogens (tertiary/aromatic N) is 1. The van der Waals surface area contributed by atoms with Crippen LogP contribution < -0.4 is 19.7 Å². The van der Waals surface area contributed by atoms with Gasteiger partial charge in [-0.2, -0.15) is 0 Å². The van der Waals surface area contributed by atoms with E-state index in [9.17, 15) is 9.59 Å². The lowest BCUT2D eigenvalue weighted by Gasteiger charge is -2.14. The molecular weight excluding hydrogens is 308 g/mol. The fraction of sp³-hybridized carbons (Fsp3) is 0.222. The van der Waals surface area contributed by atoms with Gasteiger partial charge in [0.25, 0.3) is 5.91 Å². The van der Waals surface area contributed by atoms with E-state index < -0.39 is 0 Å². The van der Waals surface area contributed by atoms with Gasteiger partial charge in [-0.3, -0.25) is 9.59 Å².